The summed E-state index contributed by atoms with van der Waals surface area (Å²) >= 11 is 0. The van der Waals surface area contributed by atoms with Crippen molar-refractivity contribution in [2.24, 2.45) is 5.92 Å². The Labute approximate surface area is 117 Å². The summed E-state index contributed by atoms with van der Waals surface area (Å²) in [7, 11) is -3.07. The first-order valence-electron chi connectivity index (χ1n) is 7.01. The average Bonchev–Trinajstić information content (AvgIpc) is 2.25. The molecule has 19 heavy (non-hydrogen) atoms. The van der Waals surface area contributed by atoms with Crippen molar-refractivity contribution < 1.29 is 13.5 Å². The first-order chi connectivity index (χ1) is 8.62. The molecule has 0 bridgehead atoms. The molecule has 0 radical (unpaired) electrons. The van der Waals surface area contributed by atoms with Crippen LogP contribution in [0.2, 0.25) is 0 Å². The fourth-order valence-electron chi connectivity index (χ4n) is 2.69. The molecule has 5 nitrogen and oxygen atoms in total. The number of sulfonamides is 1. The third-order valence-corrected chi connectivity index (χ3v) is 4.79. The minimum Gasteiger partial charge on any atom is -0.389 e. The van der Waals surface area contributed by atoms with Crippen molar-refractivity contribution in [3.8, 4) is 0 Å². The lowest BCUT2D eigenvalue weighted by atomic mass is 9.98. The topological polar surface area (TPSA) is 60.9 Å². The second kappa shape index (κ2) is 6.52. The highest BCUT2D eigenvalue weighted by Gasteiger charge is 2.28. The minimum atomic E-state index is -3.07. The molecule has 0 spiro atoms. The number of nitrogens with zero attached hydrogens (tertiary/aromatic N) is 2. The van der Waals surface area contributed by atoms with Crippen molar-refractivity contribution in [1.29, 1.82) is 0 Å². The lowest BCUT2D eigenvalue weighted by Crippen LogP contribution is -2.46. The summed E-state index contributed by atoms with van der Waals surface area (Å²) in [5.74, 6) is 0.366. The van der Waals surface area contributed by atoms with E-state index in [9.17, 15) is 13.5 Å². The highest BCUT2D eigenvalue weighted by atomic mass is 32.2. The van der Waals surface area contributed by atoms with Crippen LogP contribution in [-0.4, -0.2) is 67.3 Å². The van der Waals surface area contributed by atoms with Crippen LogP contribution in [0.1, 0.15) is 33.6 Å². The monoisotopic (exact) mass is 292 g/mol. The molecule has 0 saturated carbocycles. The van der Waals surface area contributed by atoms with E-state index in [4.69, 9.17) is 0 Å². The zero-order chi connectivity index (χ0) is 14.7. The summed E-state index contributed by atoms with van der Waals surface area (Å²) in [5.41, 5.74) is -0.707. The summed E-state index contributed by atoms with van der Waals surface area (Å²) in [6.45, 7) is 9.29. The van der Waals surface area contributed by atoms with Crippen LogP contribution in [0.4, 0.5) is 0 Å². The maximum Gasteiger partial charge on any atom is 0.211 e. The molecule has 1 heterocycles. The molecular formula is C13H28N2O3S. The van der Waals surface area contributed by atoms with Gasteiger partial charge >= 0.3 is 0 Å². The van der Waals surface area contributed by atoms with Crippen molar-refractivity contribution in [3.63, 3.8) is 0 Å². The van der Waals surface area contributed by atoms with E-state index in [2.05, 4.69) is 11.8 Å². The van der Waals surface area contributed by atoms with E-state index < -0.39 is 15.6 Å². The van der Waals surface area contributed by atoms with Crippen LogP contribution < -0.4 is 0 Å². The molecule has 0 aromatic carbocycles. The van der Waals surface area contributed by atoms with Crippen LogP contribution in [-0.2, 0) is 10.0 Å². The third-order valence-electron chi connectivity index (χ3n) is 3.52. The van der Waals surface area contributed by atoms with Crippen LogP contribution in [0.3, 0.4) is 0 Å². The van der Waals surface area contributed by atoms with Crippen molar-refractivity contribution in [2.75, 3.05) is 39.0 Å². The van der Waals surface area contributed by atoms with E-state index in [0.29, 0.717) is 25.6 Å². The number of piperidine rings is 1. The number of likely N-dealkylation sites (N-methyl/N-ethyl adjacent to an activating group) is 1. The van der Waals surface area contributed by atoms with Crippen LogP contribution in [0.5, 0.6) is 0 Å². The van der Waals surface area contributed by atoms with Gasteiger partial charge in [-0.1, -0.05) is 6.92 Å². The number of hydrogen-bond donors (Lipinski definition) is 1. The summed E-state index contributed by atoms with van der Waals surface area (Å²) in [6, 6.07) is 0. The van der Waals surface area contributed by atoms with E-state index in [0.717, 1.165) is 25.9 Å². The second-order valence-corrected chi connectivity index (χ2v) is 8.25. The van der Waals surface area contributed by atoms with Gasteiger partial charge in [-0.05, 0) is 39.2 Å². The molecule has 1 aliphatic rings. The van der Waals surface area contributed by atoms with E-state index in [1.54, 1.807) is 18.2 Å². The van der Waals surface area contributed by atoms with Crippen LogP contribution in [0, 0.1) is 5.92 Å². The highest BCUT2D eigenvalue weighted by molar-refractivity contribution is 7.88. The Morgan fingerprint density at radius 1 is 1.42 bits per heavy atom. The molecule has 1 N–H and O–H groups in total. The van der Waals surface area contributed by atoms with Crippen molar-refractivity contribution in [3.05, 3.63) is 0 Å². The highest BCUT2D eigenvalue weighted by Crippen LogP contribution is 2.20. The summed E-state index contributed by atoms with van der Waals surface area (Å²) in [5, 5.41) is 9.88. The van der Waals surface area contributed by atoms with Gasteiger partial charge in [0.2, 0.25) is 10.0 Å². The Morgan fingerprint density at radius 2 is 2.05 bits per heavy atom. The van der Waals surface area contributed by atoms with E-state index >= 15 is 0 Å². The number of rotatable bonds is 6. The lowest BCUT2D eigenvalue weighted by Gasteiger charge is -2.35. The molecule has 0 amide bonds. The van der Waals surface area contributed by atoms with Crippen LogP contribution in [0.25, 0.3) is 0 Å². The smallest absolute Gasteiger partial charge is 0.211 e. The van der Waals surface area contributed by atoms with Gasteiger partial charge < -0.3 is 10.0 Å². The van der Waals surface area contributed by atoms with Gasteiger partial charge in [-0.25, -0.2) is 12.7 Å². The second-order valence-electron chi connectivity index (χ2n) is 6.27. The summed E-state index contributed by atoms with van der Waals surface area (Å²) < 4.78 is 24.8. The van der Waals surface area contributed by atoms with E-state index in [1.807, 2.05) is 0 Å². The maximum atomic E-state index is 11.6. The first-order valence-corrected chi connectivity index (χ1v) is 8.86. The van der Waals surface area contributed by atoms with Gasteiger partial charge in [-0.3, -0.25) is 0 Å². The van der Waals surface area contributed by atoms with Gasteiger partial charge in [0.1, 0.15) is 0 Å². The zero-order valence-corrected chi connectivity index (χ0v) is 13.4. The van der Waals surface area contributed by atoms with Gasteiger partial charge in [0.15, 0.2) is 0 Å². The van der Waals surface area contributed by atoms with Crippen molar-refractivity contribution in [2.45, 2.75) is 39.2 Å². The molecule has 0 aromatic rings. The Morgan fingerprint density at radius 3 is 2.53 bits per heavy atom. The summed E-state index contributed by atoms with van der Waals surface area (Å²) in [4.78, 5) is 2.20. The van der Waals surface area contributed by atoms with E-state index in [-0.39, 0.29) is 0 Å². The van der Waals surface area contributed by atoms with Crippen molar-refractivity contribution >= 4 is 10.0 Å². The largest absolute Gasteiger partial charge is 0.389 e. The third kappa shape index (κ3) is 6.21. The molecular weight excluding hydrogens is 264 g/mol. The predicted octanol–water partition coefficient (Wildman–Crippen LogP) is 0.751. The normalized spacial score (nSPS) is 22.9. The fraction of sp³-hybridized carbons (Fsp3) is 1.00. The predicted molar refractivity (Wildman–Crippen MR) is 77.6 cm³/mol. The minimum absolute atomic E-state index is 0.366. The zero-order valence-electron chi connectivity index (χ0n) is 12.6. The molecule has 1 saturated heterocycles. The Balaban J connectivity index is 2.56. The molecule has 6 heteroatoms. The van der Waals surface area contributed by atoms with Gasteiger partial charge in [0, 0.05) is 26.2 Å². The van der Waals surface area contributed by atoms with Gasteiger partial charge in [-0.2, -0.15) is 0 Å². The molecule has 1 rings (SSSR count). The van der Waals surface area contributed by atoms with Gasteiger partial charge in [0.05, 0.1) is 11.9 Å². The lowest BCUT2D eigenvalue weighted by molar-refractivity contribution is 0.0297. The Hall–Kier alpha value is -0.170. The Kier molecular flexibility index (Phi) is 5.79. The Bertz CT molecular complexity index is 376. The quantitative estimate of drug-likeness (QED) is 0.785. The summed E-state index contributed by atoms with van der Waals surface area (Å²) in [6.07, 6.45) is 3.27. The first kappa shape index (κ1) is 16.9. The molecule has 1 aliphatic heterocycles. The molecule has 0 aromatic heterocycles. The molecule has 1 unspecified atom stereocenters. The SMILES string of the molecule is CCN(CC1CCCN(S(C)(=O)=O)C1)CC(C)(C)O. The molecule has 1 atom stereocenters. The molecule has 0 aliphatic carbocycles. The standard InChI is InChI=1S/C13H28N2O3S/c1-5-14(11-13(2,3)16)9-12-7-6-8-15(10-12)19(4,17)18/h12,16H,5-11H2,1-4H3. The number of aliphatic hydroxyl groups is 1. The molecule has 1 fully saturated rings. The fourth-order valence-corrected chi connectivity index (χ4v) is 3.64. The number of hydrogen-bond acceptors (Lipinski definition) is 4. The average molecular weight is 292 g/mol. The maximum absolute atomic E-state index is 11.6. The molecule has 114 valence electrons. The van der Waals surface area contributed by atoms with Crippen molar-refractivity contribution in [1.82, 2.24) is 9.21 Å². The van der Waals surface area contributed by atoms with Gasteiger partial charge in [-0.15, -0.1) is 0 Å². The van der Waals surface area contributed by atoms with Crippen LogP contribution >= 0.6 is 0 Å². The van der Waals surface area contributed by atoms with Crippen LogP contribution in [0.15, 0.2) is 0 Å². The van der Waals surface area contributed by atoms with Gasteiger partial charge in [0.25, 0.3) is 0 Å². The van der Waals surface area contributed by atoms with E-state index in [1.165, 1.54) is 6.26 Å².